The van der Waals surface area contributed by atoms with Crippen molar-refractivity contribution in [2.45, 2.75) is 33.1 Å². The summed E-state index contributed by atoms with van der Waals surface area (Å²) in [6.07, 6.45) is 5.41. The molecule has 3 atom stereocenters. The van der Waals surface area contributed by atoms with E-state index in [-0.39, 0.29) is 11.8 Å². The lowest BCUT2D eigenvalue weighted by molar-refractivity contribution is -0.103. The first kappa shape index (κ1) is 20.8. The van der Waals surface area contributed by atoms with Gasteiger partial charge in [0.1, 0.15) is 17.0 Å². The van der Waals surface area contributed by atoms with Crippen molar-refractivity contribution in [3.63, 3.8) is 0 Å². The summed E-state index contributed by atoms with van der Waals surface area (Å²) in [7, 11) is 3.32. The molecule has 1 N–H and O–H groups in total. The van der Waals surface area contributed by atoms with E-state index in [4.69, 9.17) is 4.74 Å². The quantitative estimate of drug-likeness (QED) is 0.759. The Kier molecular flexibility index (Phi) is 5.57. The van der Waals surface area contributed by atoms with Crippen molar-refractivity contribution in [3.8, 4) is 0 Å². The number of nitrogens with one attached hydrogen (secondary N) is 1. The highest BCUT2D eigenvalue weighted by Crippen LogP contribution is 2.61. The molecule has 3 aliphatic rings. The van der Waals surface area contributed by atoms with Gasteiger partial charge in [0.25, 0.3) is 11.8 Å². The number of likely N-dealkylation sites (N-methyl/N-ethyl adjacent to an activating group) is 1. The van der Waals surface area contributed by atoms with Gasteiger partial charge in [-0.15, -0.1) is 0 Å². The zero-order chi connectivity index (χ0) is 21.5. The van der Waals surface area contributed by atoms with Gasteiger partial charge in [-0.25, -0.2) is 4.98 Å². The lowest BCUT2D eigenvalue weighted by Gasteiger charge is -2.60. The lowest BCUT2D eigenvalue weighted by Crippen LogP contribution is -2.54. The number of ether oxygens (including phenoxy) is 1. The van der Waals surface area contributed by atoms with Gasteiger partial charge in [0.05, 0.1) is 6.61 Å². The maximum absolute atomic E-state index is 13.0. The number of aromatic nitrogens is 2. The first-order valence-corrected chi connectivity index (χ1v) is 10.8. The summed E-state index contributed by atoms with van der Waals surface area (Å²) in [4.78, 5) is 31.6. The third kappa shape index (κ3) is 3.60. The third-order valence-corrected chi connectivity index (χ3v) is 7.45. The summed E-state index contributed by atoms with van der Waals surface area (Å²) >= 11 is 0. The largest absolute Gasteiger partial charge is 0.383 e. The molecule has 0 unspecified atom stereocenters. The molecule has 3 fully saturated rings. The Bertz CT molecular complexity index is 949. The number of rotatable bonds is 7. The normalized spacial score (nSPS) is 24.3. The van der Waals surface area contributed by atoms with Gasteiger partial charge in [-0.2, -0.15) is 0 Å². The lowest BCUT2D eigenvalue weighted by atomic mass is 9.45. The van der Waals surface area contributed by atoms with Crippen LogP contribution in [0.5, 0.6) is 0 Å². The molecule has 2 bridgehead atoms. The number of imidazole rings is 1. The fraction of sp³-hybridized carbons (Fsp3) is 0.609. The van der Waals surface area contributed by atoms with Crippen LogP contribution in [0.25, 0.3) is 5.65 Å². The minimum atomic E-state index is -0.189. The Hall–Kier alpha value is -2.41. The van der Waals surface area contributed by atoms with Gasteiger partial charge in [-0.1, -0.05) is 19.9 Å². The highest BCUT2D eigenvalue weighted by atomic mass is 16.5. The summed E-state index contributed by atoms with van der Waals surface area (Å²) in [6, 6.07) is 5.39. The Morgan fingerprint density at radius 2 is 2.13 bits per heavy atom. The van der Waals surface area contributed by atoms with E-state index in [1.54, 1.807) is 47.9 Å². The van der Waals surface area contributed by atoms with Crippen LogP contribution in [0, 0.1) is 23.2 Å². The Balaban J connectivity index is 1.46. The van der Waals surface area contributed by atoms with Crippen molar-refractivity contribution >= 4 is 17.5 Å². The minimum absolute atomic E-state index is 0.121. The summed E-state index contributed by atoms with van der Waals surface area (Å²) < 4.78 is 6.74. The molecule has 2 aromatic rings. The molecule has 3 aliphatic carbocycles. The molecule has 0 saturated heterocycles. The standard InChI is InChI=1S/C23H32N4O3/c1-23(2)16-9-8-15(17(23)12-16)13-24-21(28)19-6-5-7-20-25-18(14-27(19)20)22(29)26(3)10-11-30-4/h5-7,14-17H,8-13H2,1-4H3,(H,24,28)/t15-,16-,17-/m0/s1. The monoisotopic (exact) mass is 412 g/mol. The topological polar surface area (TPSA) is 75.9 Å². The van der Waals surface area contributed by atoms with Crippen LogP contribution in [0.15, 0.2) is 24.4 Å². The zero-order valence-corrected chi connectivity index (χ0v) is 18.4. The van der Waals surface area contributed by atoms with Crippen LogP contribution in [-0.2, 0) is 4.74 Å². The highest BCUT2D eigenvalue weighted by molar-refractivity contribution is 5.95. The Morgan fingerprint density at radius 3 is 2.83 bits per heavy atom. The van der Waals surface area contributed by atoms with E-state index < -0.39 is 0 Å². The third-order valence-electron chi connectivity index (χ3n) is 7.45. The number of methoxy groups -OCH3 is 1. The van der Waals surface area contributed by atoms with Crippen LogP contribution in [-0.4, -0.2) is 60.0 Å². The van der Waals surface area contributed by atoms with Gasteiger partial charge >= 0.3 is 0 Å². The average Bonchev–Trinajstić information content (AvgIpc) is 3.19. The molecule has 162 valence electrons. The maximum atomic E-state index is 13.0. The van der Waals surface area contributed by atoms with Crippen molar-refractivity contribution in [1.29, 1.82) is 0 Å². The first-order valence-electron chi connectivity index (χ1n) is 10.8. The second kappa shape index (κ2) is 8.02. The van der Waals surface area contributed by atoms with E-state index in [2.05, 4.69) is 24.1 Å². The molecule has 2 amide bonds. The molecule has 0 aromatic carbocycles. The number of pyridine rings is 1. The number of hydrogen-bond acceptors (Lipinski definition) is 4. The highest BCUT2D eigenvalue weighted by Gasteiger charge is 2.53. The van der Waals surface area contributed by atoms with E-state index in [0.717, 1.165) is 5.92 Å². The molecular formula is C23H32N4O3. The summed E-state index contributed by atoms with van der Waals surface area (Å²) in [5.74, 6) is 1.79. The fourth-order valence-electron chi connectivity index (χ4n) is 5.35. The zero-order valence-electron chi connectivity index (χ0n) is 18.4. The van der Waals surface area contributed by atoms with Crippen LogP contribution < -0.4 is 5.32 Å². The number of carbonyl (C=O) groups excluding carboxylic acids is 2. The molecule has 2 aromatic heterocycles. The molecule has 2 heterocycles. The molecule has 7 nitrogen and oxygen atoms in total. The first-order chi connectivity index (χ1) is 14.3. The summed E-state index contributed by atoms with van der Waals surface area (Å²) in [6.45, 7) is 6.39. The minimum Gasteiger partial charge on any atom is -0.383 e. The van der Waals surface area contributed by atoms with Gasteiger partial charge < -0.3 is 15.0 Å². The molecular weight excluding hydrogens is 380 g/mol. The van der Waals surface area contributed by atoms with E-state index in [9.17, 15) is 9.59 Å². The van der Waals surface area contributed by atoms with Crippen LogP contribution >= 0.6 is 0 Å². The van der Waals surface area contributed by atoms with Crippen molar-refractivity contribution < 1.29 is 14.3 Å². The molecule has 0 radical (unpaired) electrons. The number of nitrogens with zero attached hydrogens (tertiary/aromatic N) is 3. The molecule has 0 spiro atoms. The number of hydrogen-bond donors (Lipinski definition) is 1. The smallest absolute Gasteiger partial charge is 0.273 e. The molecule has 0 aliphatic heterocycles. The van der Waals surface area contributed by atoms with E-state index in [1.807, 2.05) is 0 Å². The molecule has 5 rings (SSSR count). The van der Waals surface area contributed by atoms with E-state index in [1.165, 1.54) is 19.3 Å². The van der Waals surface area contributed by atoms with Gasteiger partial charge in [-0.3, -0.25) is 14.0 Å². The van der Waals surface area contributed by atoms with Crippen molar-refractivity contribution in [2.75, 3.05) is 33.9 Å². The Morgan fingerprint density at radius 1 is 1.33 bits per heavy atom. The van der Waals surface area contributed by atoms with Crippen LogP contribution in [0.4, 0.5) is 0 Å². The van der Waals surface area contributed by atoms with E-state index in [0.29, 0.717) is 54.0 Å². The van der Waals surface area contributed by atoms with Crippen LogP contribution in [0.3, 0.4) is 0 Å². The summed E-state index contributed by atoms with van der Waals surface area (Å²) in [5.41, 5.74) is 1.82. The van der Waals surface area contributed by atoms with E-state index >= 15 is 0 Å². The number of amides is 2. The number of fused-ring (bicyclic) bond motifs is 3. The SMILES string of the molecule is COCCN(C)C(=O)c1cn2c(C(=O)NC[C@@H]3CC[C@H]4C[C@@H]3C4(C)C)cccc2n1. The Labute approximate surface area is 177 Å². The van der Waals surface area contributed by atoms with Crippen molar-refractivity contribution in [1.82, 2.24) is 19.6 Å². The van der Waals surface area contributed by atoms with Gasteiger partial charge in [-0.05, 0) is 54.6 Å². The summed E-state index contributed by atoms with van der Waals surface area (Å²) in [5, 5.41) is 3.14. The van der Waals surface area contributed by atoms with Crippen LogP contribution in [0.1, 0.15) is 54.1 Å². The predicted molar refractivity (Wildman–Crippen MR) is 114 cm³/mol. The molecule has 3 saturated carbocycles. The second-order valence-electron chi connectivity index (χ2n) is 9.39. The van der Waals surface area contributed by atoms with Gasteiger partial charge in [0, 0.05) is 33.4 Å². The van der Waals surface area contributed by atoms with Crippen molar-refractivity contribution in [3.05, 3.63) is 35.8 Å². The maximum Gasteiger partial charge on any atom is 0.273 e. The molecule has 30 heavy (non-hydrogen) atoms. The fourth-order valence-corrected chi connectivity index (χ4v) is 5.35. The molecule has 7 heteroatoms. The van der Waals surface area contributed by atoms with Gasteiger partial charge in [0.15, 0.2) is 0 Å². The van der Waals surface area contributed by atoms with Crippen molar-refractivity contribution in [2.24, 2.45) is 23.2 Å². The van der Waals surface area contributed by atoms with Gasteiger partial charge in [0.2, 0.25) is 0 Å². The average molecular weight is 413 g/mol. The second-order valence-corrected chi connectivity index (χ2v) is 9.39. The van der Waals surface area contributed by atoms with Crippen LogP contribution in [0.2, 0.25) is 0 Å². The number of carbonyl (C=O) groups is 2. The predicted octanol–water partition coefficient (Wildman–Crippen LogP) is 2.85.